The maximum atomic E-state index is 8.84. The molecule has 1 atom stereocenters. The SMILES string of the molecule is CCOc1ccccc1CN1CCN(c2cnc(C#N)cn2)C(C)C1. The van der Waals surface area contributed by atoms with E-state index in [1.807, 2.05) is 25.1 Å². The van der Waals surface area contributed by atoms with Crippen molar-refractivity contribution >= 4 is 5.82 Å². The predicted molar refractivity (Wildman–Crippen MR) is 96.4 cm³/mol. The Hall–Kier alpha value is -2.65. The molecule has 0 aliphatic carbocycles. The fourth-order valence-corrected chi connectivity index (χ4v) is 3.22. The molecule has 1 unspecified atom stereocenters. The van der Waals surface area contributed by atoms with Gasteiger partial charge in [-0.1, -0.05) is 18.2 Å². The van der Waals surface area contributed by atoms with Gasteiger partial charge in [0.2, 0.25) is 0 Å². The molecule has 0 amide bonds. The summed E-state index contributed by atoms with van der Waals surface area (Å²) in [6.45, 7) is 8.55. The van der Waals surface area contributed by atoms with Crippen LogP contribution in [-0.2, 0) is 6.54 Å². The highest BCUT2D eigenvalue weighted by molar-refractivity contribution is 5.39. The van der Waals surface area contributed by atoms with Crippen LogP contribution in [0.1, 0.15) is 25.1 Å². The summed E-state index contributed by atoms with van der Waals surface area (Å²) in [5.41, 5.74) is 1.57. The molecule has 6 heteroatoms. The number of ether oxygens (including phenoxy) is 1. The van der Waals surface area contributed by atoms with Gasteiger partial charge in [-0.25, -0.2) is 9.97 Å². The van der Waals surface area contributed by atoms with Gasteiger partial charge in [0.05, 0.1) is 19.0 Å². The van der Waals surface area contributed by atoms with Crippen molar-refractivity contribution in [2.24, 2.45) is 0 Å². The molecular formula is C19H23N5O. The van der Waals surface area contributed by atoms with Gasteiger partial charge in [0.15, 0.2) is 5.69 Å². The molecule has 1 aliphatic rings. The molecule has 2 heterocycles. The molecule has 0 bridgehead atoms. The minimum absolute atomic E-state index is 0.329. The van der Waals surface area contributed by atoms with E-state index in [0.717, 1.165) is 37.7 Å². The van der Waals surface area contributed by atoms with Crippen molar-refractivity contribution in [1.82, 2.24) is 14.9 Å². The van der Waals surface area contributed by atoms with Gasteiger partial charge in [-0.3, -0.25) is 4.90 Å². The maximum absolute atomic E-state index is 8.84. The zero-order valence-electron chi connectivity index (χ0n) is 14.7. The monoisotopic (exact) mass is 337 g/mol. The third kappa shape index (κ3) is 4.06. The normalized spacial score (nSPS) is 18.0. The Morgan fingerprint density at radius 1 is 1.24 bits per heavy atom. The summed E-state index contributed by atoms with van der Waals surface area (Å²) >= 11 is 0. The molecule has 0 saturated carbocycles. The lowest BCUT2D eigenvalue weighted by atomic mass is 10.1. The molecule has 3 rings (SSSR count). The standard InChI is InChI=1S/C19H23N5O/c1-3-25-18-7-5-4-6-16(18)14-23-8-9-24(15(2)13-23)19-12-21-17(10-20)11-22-19/h4-7,11-12,15H,3,8-9,13-14H2,1-2H3. The van der Waals surface area contributed by atoms with Crippen LogP contribution in [0.3, 0.4) is 0 Å². The number of piperazine rings is 1. The average Bonchev–Trinajstić information content (AvgIpc) is 2.64. The Morgan fingerprint density at radius 3 is 2.76 bits per heavy atom. The molecule has 0 spiro atoms. The van der Waals surface area contributed by atoms with Gasteiger partial charge in [0, 0.05) is 37.8 Å². The Morgan fingerprint density at radius 2 is 2.08 bits per heavy atom. The number of aromatic nitrogens is 2. The number of nitrogens with zero attached hydrogens (tertiary/aromatic N) is 5. The summed E-state index contributed by atoms with van der Waals surface area (Å²) in [5, 5.41) is 8.84. The van der Waals surface area contributed by atoms with Crippen molar-refractivity contribution in [1.29, 1.82) is 5.26 Å². The largest absolute Gasteiger partial charge is 0.494 e. The van der Waals surface area contributed by atoms with Crippen LogP contribution in [0.2, 0.25) is 0 Å². The molecule has 130 valence electrons. The van der Waals surface area contributed by atoms with Crippen molar-refractivity contribution in [3.63, 3.8) is 0 Å². The van der Waals surface area contributed by atoms with Crippen molar-refractivity contribution in [2.75, 3.05) is 31.1 Å². The number of benzene rings is 1. The smallest absolute Gasteiger partial charge is 0.158 e. The Labute approximate surface area is 148 Å². The van der Waals surface area contributed by atoms with E-state index in [-0.39, 0.29) is 0 Å². The van der Waals surface area contributed by atoms with Gasteiger partial charge >= 0.3 is 0 Å². The van der Waals surface area contributed by atoms with E-state index >= 15 is 0 Å². The first-order chi connectivity index (χ1) is 12.2. The number of rotatable bonds is 5. The minimum atomic E-state index is 0.329. The van der Waals surface area contributed by atoms with E-state index in [1.165, 1.54) is 11.8 Å². The molecule has 1 aliphatic heterocycles. The topological polar surface area (TPSA) is 65.3 Å². The second-order valence-corrected chi connectivity index (χ2v) is 6.19. The fraction of sp³-hybridized carbons (Fsp3) is 0.421. The predicted octanol–water partition coefficient (Wildman–Crippen LogP) is 2.46. The summed E-state index contributed by atoms with van der Waals surface area (Å²) in [7, 11) is 0. The summed E-state index contributed by atoms with van der Waals surface area (Å²) in [5.74, 6) is 1.80. The maximum Gasteiger partial charge on any atom is 0.158 e. The lowest BCUT2D eigenvalue weighted by molar-refractivity contribution is 0.216. The summed E-state index contributed by atoms with van der Waals surface area (Å²) < 4.78 is 5.74. The van der Waals surface area contributed by atoms with Crippen LogP contribution in [0.4, 0.5) is 5.82 Å². The van der Waals surface area contributed by atoms with Crippen LogP contribution in [0.5, 0.6) is 5.75 Å². The lowest BCUT2D eigenvalue weighted by Gasteiger charge is -2.40. The van der Waals surface area contributed by atoms with Crippen molar-refractivity contribution in [3.8, 4) is 11.8 Å². The minimum Gasteiger partial charge on any atom is -0.494 e. The number of nitriles is 1. The summed E-state index contributed by atoms with van der Waals surface area (Å²) in [6.07, 6.45) is 3.22. The third-order valence-corrected chi connectivity index (χ3v) is 4.43. The van der Waals surface area contributed by atoms with E-state index in [1.54, 1.807) is 6.20 Å². The van der Waals surface area contributed by atoms with Crippen LogP contribution in [0.25, 0.3) is 0 Å². The molecule has 0 radical (unpaired) electrons. The first-order valence-electron chi connectivity index (χ1n) is 8.63. The van der Waals surface area contributed by atoms with Crippen molar-refractivity contribution in [2.45, 2.75) is 26.4 Å². The molecule has 6 nitrogen and oxygen atoms in total. The van der Waals surface area contributed by atoms with Gasteiger partial charge < -0.3 is 9.64 Å². The zero-order valence-corrected chi connectivity index (χ0v) is 14.7. The molecule has 1 saturated heterocycles. The highest BCUT2D eigenvalue weighted by Gasteiger charge is 2.25. The fourth-order valence-electron chi connectivity index (χ4n) is 3.22. The first-order valence-corrected chi connectivity index (χ1v) is 8.63. The first kappa shape index (κ1) is 17.2. The average molecular weight is 337 g/mol. The number of para-hydroxylation sites is 1. The molecule has 1 aromatic carbocycles. The van der Waals surface area contributed by atoms with E-state index < -0.39 is 0 Å². The van der Waals surface area contributed by atoms with E-state index in [4.69, 9.17) is 10.00 Å². The molecule has 1 aromatic heterocycles. The Bertz CT molecular complexity index is 740. The van der Waals surface area contributed by atoms with Gasteiger partial charge in [-0.05, 0) is 19.9 Å². The Balaban J connectivity index is 1.64. The lowest BCUT2D eigenvalue weighted by Crippen LogP contribution is -2.52. The number of hydrogen-bond donors (Lipinski definition) is 0. The second kappa shape index (κ2) is 7.95. The van der Waals surface area contributed by atoms with Gasteiger partial charge in [0.1, 0.15) is 17.6 Å². The van der Waals surface area contributed by atoms with E-state index in [9.17, 15) is 0 Å². The highest BCUT2D eigenvalue weighted by atomic mass is 16.5. The summed E-state index contributed by atoms with van der Waals surface area (Å²) in [6, 6.07) is 10.6. The van der Waals surface area contributed by atoms with Crippen LogP contribution >= 0.6 is 0 Å². The van der Waals surface area contributed by atoms with Crippen LogP contribution < -0.4 is 9.64 Å². The van der Waals surface area contributed by atoms with E-state index in [2.05, 4.69) is 38.8 Å². The highest BCUT2D eigenvalue weighted by Crippen LogP contribution is 2.23. The van der Waals surface area contributed by atoms with Crippen LogP contribution in [-0.4, -0.2) is 47.2 Å². The van der Waals surface area contributed by atoms with E-state index in [0.29, 0.717) is 18.3 Å². The number of anilines is 1. The molecule has 25 heavy (non-hydrogen) atoms. The summed E-state index contributed by atoms with van der Waals surface area (Å²) in [4.78, 5) is 13.2. The van der Waals surface area contributed by atoms with Crippen molar-refractivity contribution in [3.05, 3.63) is 47.9 Å². The van der Waals surface area contributed by atoms with Crippen LogP contribution in [0, 0.1) is 11.3 Å². The van der Waals surface area contributed by atoms with Crippen LogP contribution in [0.15, 0.2) is 36.7 Å². The second-order valence-electron chi connectivity index (χ2n) is 6.19. The molecule has 1 fully saturated rings. The molecule has 0 N–H and O–H groups in total. The zero-order chi connectivity index (χ0) is 17.6. The molecule has 2 aromatic rings. The van der Waals surface area contributed by atoms with Crippen molar-refractivity contribution < 1.29 is 4.74 Å². The van der Waals surface area contributed by atoms with Gasteiger partial charge in [0.25, 0.3) is 0 Å². The quantitative estimate of drug-likeness (QED) is 0.835. The number of hydrogen-bond acceptors (Lipinski definition) is 6. The Kier molecular flexibility index (Phi) is 5.46. The third-order valence-electron chi connectivity index (χ3n) is 4.43. The molecular weight excluding hydrogens is 314 g/mol. The van der Waals surface area contributed by atoms with Gasteiger partial charge in [-0.2, -0.15) is 5.26 Å². The van der Waals surface area contributed by atoms with Gasteiger partial charge in [-0.15, -0.1) is 0 Å².